The summed E-state index contributed by atoms with van der Waals surface area (Å²) in [5.41, 5.74) is 2.01. The molecule has 0 saturated carbocycles. The van der Waals surface area contributed by atoms with Gasteiger partial charge in [0.25, 0.3) is 0 Å². The minimum absolute atomic E-state index is 0.0357. The summed E-state index contributed by atoms with van der Waals surface area (Å²) in [5, 5.41) is 0.0357. The van der Waals surface area contributed by atoms with Crippen LogP contribution in [-0.4, -0.2) is 16.6 Å². The van der Waals surface area contributed by atoms with Gasteiger partial charge in [-0.2, -0.15) is 0 Å². The molecule has 1 amide bonds. The van der Waals surface area contributed by atoms with Crippen molar-refractivity contribution in [3.63, 3.8) is 0 Å². The summed E-state index contributed by atoms with van der Waals surface area (Å²) in [5.74, 6) is 0.675. The van der Waals surface area contributed by atoms with Crippen LogP contribution in [0.25, 0.3) is 0 Å². The molecule has 1 aliphatic rings. The molecule has 18 heavy (non-hydrogen) atoms. The molecule has 0 aliphatic carbocycles. The first-order valence-electron chi connectivity index (χ1n) is 5.75. The summed E-state index contributed by atoms with van der Waals surface area (Å²) in [6.45, 7) is 0. The summed E-state index contributed by atoms with van der Waals surface area (Å²) in [4.78, 5) is 18.0. The summed E-state index contributed by atoms with van der Waals surface area (Å²) in [7, 11) is 0. The molecule has 0 bridgehead atoms. The maximum atomic E-state index is 12.0. The molecule has 3 rings (SSSR count). The van der Waals surface area contributed by atoms with Crippen molar-refractivity contribution in [2.75, 3.05) is 10.7 Å². The lowest BCUT2D eigenvalue weighted by Gasteiger charge is -2.23. The van der Waals surface area contributed by atoms with Gasteiger partial charge >= 0.3 is 0 Å². The molecule has 2 heterocycles. The van der Waals surface area contributed by atoms with Crippen LogP contribution in [-0.2, 0) is 4.79 Å². The summed E-state index contributed by atoms with van der Waals surface area (Å²) >= 11 is 1.64. The van der Waals surface area contributed by atoms with Crippen molar-refractivity contribution in [3.8, 4) is 0 Å². The second-order valence-electron chi connectivity index (χ2n) is 4.05. The summed E-state index contributed by atoms with van der Waals surface area (Å²) in [6.07, 6.45) is 3.57. The van der Waals surface area contributed by atoms with Crippen LogP contribution in [0.3, 0.4) is 0 Å². The topological polar surface area (TPSA) is 33.2 Å². The molecular weight excluding hydrogens is 244 g/mol. The first-order chi connectivity index (χ1) is 8.86. The van der Waals surface area contributed by atoms with Gasteiger partial charge in [0.15, 0.2) is 0 Å². The molecule has 0 unspecified atom stereocenters. The molecule has 1 aromatic heterocycles. The van der Waals surface area contributed by atoms with E-state index < -0.39 is 0 Å². The quantitative estimate of drug-likeness (QED) is 0.828. The van der Waals surface area contributed by atoms with Crippen molar-refractivity contribution < 1.29 is 4.79 Å². The third-order valence-electron chi connectivity index (χ3n) is 2.87. The number of carbonyl (C=O) groups is 1. The number of rotatable bonds is 2. The highest BCUT2D eigenvalue weighted by molar-refractivity contribution is 8.00. The maximum absolute atomic E-state index is 12.0. The van der Waals surface area contributed by atoms with E-state index in [9.17, 15) is 4.79 Å². The number of nitrogens with zero attached hydrogens (tertiary/aromatic N) is 2. The van der Waals surface area contributed by atoms with E-state index in [1.165, 1.54) is 0 Å². The highest BCUT2D eigenvalue weighted by Crippen LogP contribution is 2.41. The van der Waals surface area contributed by atoms with Gasteiger partial charge in [-0.3, -0.25) is 14.7 Å². The van der Waals surface area contributed by atoms with Crippen molar-refractivity contribution in [1.82, 2.24) is 4.98 Å². The van der Waals surface area contributed by atoms with Crippen LogP contribution in [0.2, 0.25) is 0 Å². The van der Waals surface area contributed by atoms with Gasteiger partial charge in [0.05, 0.1) is 5.75 Å². The van der Waals surface area contributed by atoms with Gasteiger partial charge in [-0.15, -0.1) is 11.8 Å². The van der Waals surface area contributed by atoms with Gasteiger partial charge < -0.3 is 0 Å². The molecule has 2 aromatic rings. The monoisotopic (exact) mass is 256 g/mol. The van der Waals surface area contributed by atoms with Crippen molar-refractivity contribution in [3.05, 3.63) is 60.4 Å². The molecule has 0 spiro atoms. The van der Waals surface area contributed by atoms with Crippen LogP contribution in [0.4, 0.5) is 5.69 Å². The Morgan fingerprint density at radius 2 is 2.00 bits per heavy atom. The molecule has 1 aromatic carbocycles. The lowest BCUT2D eigenvalue weighted by molar-refractivity contribution is -0.115. The van der Waals surface area contributed by atoms with Crippen LogP contribution in [0.15, 0.2) is 54.9 Å². The van der Waals surface area contributed by atoms with Crippen molar-refractivity contribution in [1.29, 1.82) is 0 Å². The number of carbonyl (C=O) groups excluding carboxylic acids is 1. The molecule has 1 aliphatic heterocycles. The van der Waals surface area contributed by atoms with Gasteiger partial charge in [-0.25, -0.2) is 0 Å². The van der Waals surface area contributed by atoms with E-state index in [4.69, 9.17) is 0 Å². The Bertz CT molecular complexity index is 544. The van der Waals surface area contributed by atoms with E-state index in [1.54, 1.807) is 18.0 Å². The second kappa shape index (κ2) is 4.82. The minimum atomic E-state index is 0.0357. The Morgan fingerprint density at radius 1 is 1.17 bits per heavy atom. The fraction of sp³-hybridized carbons (Fsp3) is 0.143. The number of benzene rings is 1. The van der Waals surface area contributed by atoms with Crippen molar-refractivity contribution in [2.24, 2.45) is 0 Å². The molecule has 1 saturated heterocycles. The van der Waals surface area contributed by atoms with E-state index in [-0.39, 0.29) is 11.3 Å². The van der Waals surface area contributed by atoms with Crippen LogP contribution < -0.4 is 4.90 Å². The number of pyridine rings is 1. The Morgan fingerprint density at radius 3 is 2.72 bits per heavy atom. The normalized spacial score (nSPS) is 19.2. The predicted molar refractivity (Wildman–Crippen MR) is 73.4 cm³/mol. The van der Waals surface area contributed by atoms with Crippen molar-refractivity contribution in [2.45, 2.75) is 5.37 Å². The van der Waals surface area contributed by atoms with Crippen LogP contribution in [0.5, 0.6) is 0 Å². The zero-order valence-corrected chi connectivity index (χ0v) is 10.5. The highest BCUT2D eigenvalue weighted by atomic mass is 32.2. The van der Waals surface area contributed by atoms with E-state index in [0.29, 0.717) is 5.75 Å². The number of hydrogen-bond donors (Lipinski definition) is 0. The van der Waals surface area contributed by atoms with Crippen LogP contribution >= 0.6 is 11.8 Å². The molecule has 90 valence electrons. The van der Waals surface area contributed by atoms with Crippen LogP contribution in [0, 0.1) is 0 Å². The van der Waals surface area contributed by atoms with Crippen LogP contribution in [0.1, 0.15) is 10.9 Å². The zero-order chi connectivity index (χ0) is 12.4. The Hall–Kier alpha value is -1.81. The van der Waals surface area contributed by atoms with Gasteiger partial charge in [0.2, 0.25) is 5.91 Å². The van der Waals surface area contributed by atoms with Gasteiger partial charge in [-0.05, 0) is 18.2 Å². The largest absolute Gasteiger partial charge is 0.295 e. The minimum Gasteiger partial charge on any atom is -0.295 e. The Labute approximate surface area is 110 Å². The number of para-hydroxylation sites is 1. The van der Waals surface area contributed by atoms with E-state index in [2.05, 4.69) is 4.98 Å². The maximum Gasteiger partial charge on any atom is 0.238 e. The van der Waals surface area contributed by atoms with Gasteiger partial charge in [0, 0.05) is 23.6 Å². The first-order valence-corrected chi connectivity index (χ1v) is 6.80. The third-order valence-corrected chi connectivity index (χ3v) is 4.08. The molecule has 1 atom stereocenters. The number of amides is 1. The van der Waals surface area contributed by atoms with E-state index in [1.807, 2.05) is 53.6 Å². The average molecular weight is 256 g/mol. The highest BCUT2D eigenvalue weighted by Gasteiger charge is 2.33. The summed E-state index contributed by atoms with van der Waals surface area (Å²) < 4.78 is 0. The van der Waals surface area contributed by atoms with Crippen molar-refractivity contribution >= 4 is 23.4 Å². The molecule has 0 radical (unpaired) electrons. The molecule has 1 fully saturated rings. The molecular formula is C14H12N2OS. The fourth-order valence-corrected chi connectivity index (χ4v) is 3.22. The Kier molecular flexibility index (Phi) is 3.02. The van der Waals surface area contributed by atoms with Gasteiger partial charge in [-0.1, -0.05) is 24.3 Å². The first kappa shape index (κ1) is 11.3. The predicted octanol–water partition coefficient (Wildman–Crippen LogP) is 2.86. The smallest absolute Gasteiger partial charge is 0.238 e. The zero-order valence-electron chi connectivity index (χ0n) is 9.69. The number of hydrogen-bond acceptors (Lipinski definition) is 3. The SMILES string of the molecule is O=C1CS[C@H](c2cccnc2)N1c1ccccc1. The lowest BCUT2D eigenvalue weighted by Crippen LogP contribution is -2.27. The van der Waals surface area contributed by atoms with Gasteiger partial charge in [0.1, 0.15) is 5.37 Å². The number of anilines is 1. The fourth-order valence-electron chi connectivity index (χ4n) is 2.06. The van der Waals surface area contributed by atoms with E-state index in [0.717, 1.165) is 11.3 Å². The van der Waals surface area contributed by atoms with E-state index >= 15 is 0 Å². The third kappa shape index (κ3) is 1.99. The summed E-state index contributed by atoms with van der Waals surface area (Å²) in [6, 6.07) is 13.7. The number of aromatic nitrogens is 1. The average Bonchev–Trinajstić information content (AvgIpc) is 2.83. The lowest BCUT2D eigenvalue weighted by atomic mass is 10.2. The molecule has 0 N–H and O–H groups in total. The standard InChI is InChI=1S/C14H12N2OS/c17-13-10-18-14(11-5-4-8-15-9-11)16(13)12-6-2-1-3-7-12/h1-9,14H,10H2/t14-/m1/s1. The molecule has 4 heteroatoms. The number of thioether (sulfide) groups is 1. The molecule has 3 nitrogen and oxygen atoms in total. The second-order valence-corrected chi connectivity index (χ2v) is 5.12. The Balaban J connectivity index is 1.98.